The second-order valence-corrected chi connectivity index (χ2v) is 8.87. The molecule has 12 heteroatoms. The number of para-hydroxylation sites is 1. The number of benzene rings is 3. The smallest absolute Gasteiger partial charge is 0.418 e. The zero-order chi connectivity index (χ0) is 28.2. The lowest BCUT2D eigenvalue weighted by atomic mass is 10.1. The predicted molar refractivity (Wildman–Crippen MR) is 141 cm³/mol. The molecule has 4 amide bonds. The first-order valence-corrected chi connectivity index (χ1v) is 12.0. The number of urea groups is 2. The summed E-state index contributed by atoms with van der Waals surface area (Å²) in [6.07, 6.45) is -4.81. The molecule has 1 fully saturated rings. The van der Waals surface area contributed by atoms with E-state index in [2.05, 4.69) is 16.0 Å². The summed E-state index contributed by atoms with van der Waals surface area (Å²) >= 11 is 0. The van der Waals surface area contributed by atoms with Crippen LogP contribution in [0.4, 0.5) is 49.9 Å². The van der Waals surface area contributed by atoms with Crippen LogP contribution in [0.15, 0.2) is 60.7 Å². The second kappa shape index (κ2) is 11.5. The predicted octanol–water partition coefficient (Wildman–Crippen LogP) is 6.16. The number of hydrogen-bond donors (Lipinski definition) is 3. The Morgan fingerprint density at radius 1 is 0.872 bits per heavy atom. The molecule has 1 aliphatic rings. The van der Waals surface area contributed by atoms with Gasteiger partial charge in [-0.1, -0.05) is 12.1 Å². The molecule has 0 aliphatic carbocycles. The van der Waals surface area contributed by atoms with Gasteiger partial charge in [-0.15, -0.1) is 0 Å². The lowest BCUT2D eigenvalue weighted by molar-refractivity contribution is -0.137. The average molecular weight is 546 g/mol. The van der Waals surface area contributed by atoms with E-state index in [0.29, 0.717) is 36.3 Å². The minimum absolute atomic E-state index is 0.273. The molecule has 0 spiro atoms. The molecule has 4 rings (SSSR count). The third kappa shape index (κ3) is 6.70. The summed E-state index contributed by atoms with van der Waals surface area (Å²) in [5.41, 5.74) is 1.13. The largest absolute Gasteiger partial charge is 0.494 e. The highest BCUT2D eigenvalue weighted by atomic mass is 19.4. The quantitative estimate of drug-likeness (QED) is 0.335. The number of ether oxygens (including phenoxy) is 1. The van der Waals surface area contributed by atoms with Gasteiger partial charge in [0, 0.05) is 37.6 Å². The Morgan fingerprint density at radius 3 is 2.21 bits per heavy atom. The van der Waals surface area contributed by atoms with Gasteiger partial charge in [-0.3, -0.25) is 0 Å². The maximum atomic E-state index is 13.3. The van der Waals surface area contributed by atoms with Gasteiger partial charge in [-0.05, 0) is 61.0 Å². The maximum absolute atomic E-state index is 13.3. The van der Waals surface area contributed by atoms with E-state index < -0.39 is 35.3 Å². The van der Waals surface area contributed by atoms with Crippen LogP contribution < -0.4 is 25.6 Å². The van der Waals surface area contributed by atoms with E-state index in [0.717, 1.165) is 23.4 Å². The van der Waals surface area contributed by atoms with Crippen molar-refractivity contribution >= 4 is 34.8 Å². The number of methoxy groups -OCH3 is 1. The Kier molecular flexibility index (Phi) is 8.12. The van der Waals surface area contributed by atoms with Crippen molar-refractivity contribution in [2.24, 2.45) is 0 Å². The molecular weight excluding hydrogens is 518 g/mol. The van der Waals surface area contributed by atoms with Crippen molar-refractivity contribution in [3.8, 4) is 5.75 Å². The van der Waals surface area contributed by atoms with Gasteiger partial charge in [-0.25, -0.2) is 14.0 Å². The van der Waals surface area contributed by atoms with Gasteiger partial charge in [0.15, 0.2) is 0 Å². The van der Waals surface area contributed by atoms with Crippen LogP contribution in [0.2, 0.25) is 0 Å². The monoisotopic (exact) mass is 545 g/mol. The maximum Gasteiger partial charge on any atom is 0.418 e. The molecular formula is C27H27F4N5O3. The van der Waals surface area contributed by atoms with Gasteiger partial charge in [0.1, 0.15) is 11.6 Å². The van der Waals surface area contributed by atoms with E-state index >= 15 is 0 Å². The number of alkyl halides is 3. The molecule has 3 aromatic rings. The second-order valence-electron chi connectivity index (χ2n) is 8.87. The lowest BCUT2D eigenvalue weighted by Crippen LogP contribution is -2.50. The Balaban J connectivity index is 1.31. The van der Waals surface area contributed by atoms with E-state index in [-0.39, 0.29) is 13.1 Å². The van der Waals surface area contributed by atoms with Gasteiger partial charge in [0.05, 0.1) is 24.0 Å². The zero-order valence-corrected chi connectivity index (χ0v) is 21.2. The van der Waals surface area contributed by atoms with Crippen LogP contribution in [0, 0.1) is 12.7 Å². The molecule has 0 saturated carbocycles. The van der Waals surface area contributed by atoms with Gasteiger partial charge in [0.2, 0.25) is 0 Å². The number of nitrogens with one attached hydrogen (secondary N) is 3. The fourth-order valence-corrected chi connectivity index (χ4v) is 4.28. The highest BCUT2D eigenvalue weighted by molar-refractivity contribution is 6.01. The fraction of sp³-hybridized carbons (Fsp3) is 0.259. The number of hydrogen-bond acceptors (Lipinski definition) is 4. The lowest BCUT2D eigenvalue weighted by Gasteiger charge is -2.36. The van der Waals surface area contributed by atoms with E-state index in [1.165, 1.54) is 12.0 Å². The molecule has 39 heavy (non-hydrogen) atoms. The minimum Gasteiger partial charge on any atom is -0.494 e. The Labute approximate surface area is 222 Å². The molecule has 0 aromatic heterocycles. The highest BCUT2D eigenvalue weighted by Gasteiger charge is 2.35. The van der Waals surface area contributed by atoms with Crippen molar-refractivity contribution in [1.82, 2.24) is 4.90 Å². The van der Waals surface area contributed by atoms with E-state index in [1.54, 1.807) is 18.2 Å². The van der Waals surface area contributed by atoms with Crippen molar-refractivity contribution in [2.75, 3.05) is 54.1 Å². The first-order valence-electron chi connectivity index (χ1n) is 12.0. The number of halogens is 4. The molecule has 206 valence electrons. The number of carbonyl (C=O) groups is 2. The van der Waals surface area contributed by atoms with Crippen LogP contribution in [0.5, 0.6) is 5.75 Å². The van der Waals surface area contributed by atoms with Crippen LogP contribution in [-0.4, -0.2) is 50.3 Å². The number of piperazine rings is 1. The molecule has 0 atom stereocenters. The zero-order valence-electron chi connectivity index (χ0n) is 21.2. The summed E-state index contributed by atoms with van der Waals surface area (Å²) in [7, 11) is 1.53. The summed E-state index contributed by atoms with van der Waals surface area (Å²) in [5, 5.41) is 7.78. The fourth-order valence-electron chi connectivity index (χ4n) is 4.28. The molecule has 0 unspecified atom stereocenters. The minimum atomic E-state index is -4.81. The SMILES string of the molecule is COc1c(C)cccc1NC(=O)Nc1ccc(N2CCN(C(=O)Nc3ccc(F)cc3C(F)(F)F)CC2)cc1. The summed E-state index contributed by atoms with van der Waals surface area (Å²) in [6.45, 7) is 3.32. The normalized spacial score (nSPS) is 13.6. The number of amides is 4. The highest BCUT2D eigenvalue weighted by Crippen LogP contribution is 2.35. The third-order valence-electron chi connectivity index (χ3n) is 6.25. The van der Waals surface area contributed by atoms with Crippen molar-refractivity contribution in [1.29, 1.82) is 0 Å². The van der Waals surface area contributed by atoms with Crippen LogP contribution >= 0.6 is 0 Å². The molecule has 0 radical (unpaired) electrons. The van der Waals surface area contributed by atoms with Crippen LogP contribution in [0.3, 0.4) is 0 Å². The van der Waals surface area contributed by atoms with Crippen LogP contribution in [0.25, 0.3) is 0 Å². The standard InChI is InChI=1S/C27H27F4N5O3/c1-17-4-3-5-23(24(17)39-2)33-25(37)32-19-7-9-20(10-8-19)35-12-14-36(15-13-35)26(38)34-22-11-6-18(28)16-21(22)27(29,30)31/h3-11,16H,12-15H2,1-2H3,(H,34,38)(H2,32,33,37). The van der Waals surface area contributed by atoms with E-state index in [1.807, 2.05) is 36.1 Å². The average Bonchev–Trinajstić information content (AvgIpc) is 2.90. The van der Waals surface area contributed by atoms with Crippen molar-refractivity contribution in [3.05, 3.63) is 77.6 Å². The Morgan fingerprint density at radius 2 is 1.56 bits per heavy atom. The first kappa shape index (κ1) is 27.6. The number of aryl methyl sites for hydroxylation is 1. The molecule has 3 N–H and O–H groups in total. The third-order valence-corrected chi connectivity index (χ3v) is 6.25. The molecule has 1 aliphatic heterocycles. The van der Waals surface area contributed by atoms with Crippen molar-refractivity contribution < 1.29 is 31.9 Å². The van der Waals surface area contributed by atoms with Gasteiger partial charge in [-0.2, -0.15) is 13.2 Å². The number of nitrogens with zero attached hydrogens (tertiary/aromatic N) is 2. The number of rotatable bonds is 5. The Bertz CT molecular complexity index is 1340. The Hall–Kier alpha value is -4.48. The van der Waals surface area contributed by atoms with Crippen molar-refractivity contribution in [2.45, 2.75) is 13.1 Å². The summed E-state index contributed by atoms with van der Waals surface area (Å²) in [6, 6.07) is 13.6. The van der Waals surface area contributed by atoms with Crippen molar-refractivity contribution in [3.63, 3.8) is 0 Å². The molecule has 1 saturated heterocycles. The van der Waals surface area contributed by atoms with Gasteiger partial charge < -0.3 is 30.5 Å². The van der Waals surface area contributed by atoms with E-state index in [9.17, 15) is 27.2 Å². The topological polar surface area (TPSA) is 85.9 Å². The molecule has 8 nitrogen and oxygen atoms in total. The summed E-state index contributed by atoms with van der Waals surface area (Å²) < 4.78 is 58.4. The number of anilines is 4. The van der Waals surface area contributed by atoms with Gasteiger partial charge >= 0.3 is 18.2 Å². The van der Waals surface area contributed by atoms with Gasteiger partial charge in [0.25, 0.3) is 0 Å². The first-order chi connectivity index (χ1) is 18.5. The van der Waals surface area contributed by atoms with E-state index in [4.69, 9.17) is 4.74 Å². The molecule has 1 heterocycles. The summed E-state index contributed by atoms with van der Waals surface area (Å²) in [4.78, 5) is 28.5. The molecule has 3 aromatic carbocycles. The van der Waals surface area contributed by atoms with Crippen LogP contribution in [0.1, 0.15) is 11.1 Å². The molecule has 0 bridgehead atoms. The summed E-state index contributed by atoms with van der Waals surface area (Å²) in [5.74, 6) is -0.462. The number of carbonyl (C=O) groups excluding carboxylic acids is 2. The van der Waals surface area contributed by atoms with Crippen LogP contribution in [-0.2, 0) is 6.18 Å².